The lowest BCUT2D eigenvalue weighted by atomic mass is 9.98. The average Bonchev–Trinajstić information content (AvgIpc) is 2.62. The van der Waals surface area contributed by atoms with Gasteiger partial charge in [-0.15, -0.1) is 0 Å². The molecule has 2 unspecified atom stereocenters. The Kier molecular flexibility index (Phi) is 4.92. The summed E-state index contributed by atoms with van der Waals surface area (Å²) >= 11 is 0. The summed E-state index contributed by atoms with van der Waals surface area (Å²) < 4.78 is 0. The van der Waals surface area contributed by atoms with Crippen molar-refractivity contribution >= 4 is 0 Å². The predicted octanol–water partition coefficient (Wildman–Crippen LogP) is 2.93. The molecule has 3 nitrogen and oxygen atoms in total. The standard InChI is InChI=1S/C14H23N3/c1-2-12-4-3-5-13(7-6-12)16-10-14-8-9-15-11-17-14/h8-9,11-13,16H,2-7,10H2,1H3. The molecular weight excluding hydrogens is 210 g/mol. The quantitative estimate of drug-likeness (QED) is 0.813. The molecule has 2 atom stereocenters. The number of aromatic nitrogens is 2. The van der Waals surface area contributed by atoms with Crippen molar-refractivity contribution in [3.05, 3.63) is 24.3 Å². The lowest BCUT2D eigenvalue weighted by molar-refractivity contribution is 0.424. The van der Waals surface area contributed by atoms with E-state index >= 15 is 0 Å². The molecule has 1 aliphatic carbocycles. The number of hydrogen-bond acceptors (Lipinski definition) is 3. The van der Waals surface area contributed by atoms with E-state index in [9.17, 15) is 0 Å². The third-order valence-electron chi connectivity index (χ3n) is 3.88. The summed E-state index contributed by atoms with van der Waals surface area (Å²) in [6.45, 7) is 3.20. The fraction of sp³-hybridized carbons (Fsp3) is 0.714. The van der Waals surface area contributed by atoms with E-state index in [1.165, 1.54) is 38.5 Å². The zero-order valence-corrected chi connectivity index (χ0v) is 10.7. The summed E-state index contributed by atoms with van der Waals surface area (Å²) in [7, 11) is 0. The maximum atomic E-state index is 4.24. The fourth-order valence-corrected chi connectivity index (χ4v) is 2.66. The molecule has 0 bridgehead atoms. The van der Waals surface area contributed by atoms with Gasteiger partial charge in [-0.05, 0) is 31.2 Å². The average molecular weight is 233 g/mol. The molecule has 1 aromatic heterocycles. The number of rotatable bonds is 4. The van der Waals surface area contributed by atoms with Crippen LogP contribution in [0.4, 0.5) is 0 Å². The van der Waals surface area contributed by atoms with Gasteiger partial charge in [0, 0.05) is 18.8 Å². The van der Waals surface area contributed by atoms with Crippen LogP contribution in [-0.2, 0) is 6.54 Å². The van der Waals surface area contributed by atoms with Gasteiger partial charge in [-0.2, -0.15) is 0 Å². The molecule has 1 aromatic rings. The molecule has 0 radical (unpaired) electrons. The SMILES string of the molecule is CCC1CCCC(NCc2ccncn2)CC1. The molecular formula is C14H23N3. The van der Waals surface area contributed by atoms with E-state index in [4.69, 9.17) is 0 Å². The minimum absolute atomic E-state index is 0.682. The van der Waals surface area contributed by atoms with Crippen LogP contribution in [-0.4, -0.2) is 16.0 Å². The third-order valence-corrected chi connectivity index (χ3v) is 3.88. The van der Waals surface area contributed by atoms with Crippen molar-refractivity contribution in [3.63, 3.8) is 0 Å². The number of nitrogens with zero attached hydrogens (tertiary/aromatic N) is 2. The minimum Gasteiger partial charge on any atom is -0.308 e. The fourth-order valence-electron chi connectivity index (χ4n) is 2.66. The van der Waals surface area contributed by atoms with Crippen LogP contribution in [0.15, 0.2) is 18.6 Å². The van der Waals surface area contributed by atoms with Crippen LogP contribution in [0.25, 0.3) is 0 Å². The zero-order chi connectivity index (χ0) is 11.9. The monoisotopic (exact) mass is 233 g/mol. The largest absolute Gasteiger partial charge is 0.308 e. The molecule has 1 N–H and O–H groups in total. The summed E-state index contributed by atoms with van der Waals surface area (Å²) in [5.74, 6) is 0.959. The van der Waals surface area contributed by atoms with Gasteiger partial charge in [0.05, 0.1) is 5.69 Å². The first kappa shape index (κ1) is 12.5. The molecule has 1 saturated carbocycles. The molecule has 0 spiro atoms. The van der Waals surface area contributed by atoms with Crippen LogP contribution in [0, 0.1) is 5.92 Å². The Hall–Kier alpha value is -0.960. The summed E-state index contributed by atoms with van der Waals surface area (Å²) in [6, 6.07) is 2.67. The maximum absolute atomic E-state index is 4.24. The highest BCUT2D eigenvalue weighted by Gasteiger charge is 2.17. The Morgan fingerprint density at radius 2 is 2.24 bits per heavy atom. The lowest BCUT2D eigenvalue weighted by Gasteiger charge is -2.16. The van der Waals surface area contributed by atoms with Gasteiger partial charge >= 0.3 is 0 Å². The molecule has 2 rings (SSSR count). The van der Waals surface area contributed by atoms with Crippen molar-refractivity contribution in [3.8, 4) is 0 Å². The van der Waals surface area contributed by atoms with E-state index in [2.05, 4.69) is 22.2 Å². The summed E-state index contributed by atoms with van der Waals surface area (Å²) in [6.07, 6.45) is 11.6. The second kappa shape index (κ2) is 6.70. The Morgan fingerprint density at radius 3 is 3.00 bits per heavy atom. The second-order valence-corrected chi connectivity index (χ2v) is 5.06. The van der Waals surface area contributed by atoms with Gasteiger partial charge in [0.1, 0.15) is 6.33 Å². The first-order valence-electron chi connectivity index (χ1n) is 6.86. The van der Waals surface area contributed by atoms with Crippen molar-refractivity contribution in [2.24, 2.45) is 5.92 Å². The zero-order valence-electron chi connectivity index (χ0n) is 10.7. The molecule has 1 fully saturated rings. The van der Waals surface area contributed by atoms with Gasteiger partial charge in [-0.3, -0.25) is 0 Å². The third kappa shape index (κ3) is 4.08. The van der Waals surface area contributed by atoms with Crippen LogP contribution < -0.4 is 5.32 Å². The van der Waals surface area contributed by atoms with E-state index in [1.807, 2.05) is 12.3 Å². The van der Waals surface area contributed by atoms with Crippen molar-refractivity contribution < 1.29 is 0 Å². The summed E-state index contributed by atoms with van der Waals surface area (Å²) in [4.78, 5) is 8.18. The molecule has 0 aromatic carbocycles. The first-order valence-corrected chi connectivity index (χ1v) is 6.86. The van der Waals surface area contributed by atoms with Crippen LogP contribution in [0.5, 0.6) is 0 Å². The highest BCUT2D eigenvalue weighted by atomic mass is 14.9. The Morgan fingerprint density at radius 1 is 1.29 bits per heavy atom. The molecule has 1 heterocycles. The van der Waals surface area contributed by atoms with Crippen molar-refractivity contribution in [1.29, 1.82) is 0 Å². The van der Waals surface area contributed by atoms with Crippen molar-refractivity contribution in [2.75, 3.05) is 0 Å². The van der Waals surface area contributed by atoms with Crippen LogP contribution in [0.2, 0.25) is 0 Å². The topological polar surface area (TPSA) is 37.8 Å². The molecule has 17 heavy (non-hydrogen) atoms. The summed E-state index contributed by atoms with van der Waals surface area (Å²) in [5.41, 5.74) is 1.09. The molecule has 0 saturated heterocycles. The lowest BCUT2D eigenvalue weighted by Crippen LogP contribution is -2.28. The van der Waals surface area contributed by atoms with Gasteiger partial charge in [0.2, 0.25) is 0 Å². The number of hydrogen-bond donors (Lipinski definition) is 1. The van der Waals surface area contributed by atoms with Crippen LogP contribution in [0.3, 0.4) is 0 Å². The first-order chi connectivity index (χ1) is 8.38. The van der Waals surface area contributed by atoms with Crippen molar-refractivity contribution in [1.82, 2.24) is 15.3 Å². The van der Waals surface area contributed by atoms with E-state index in [-0.39, 0.29) is 0 Å². The van der Waals surface area contributed by atoms with Gasteiger partial charge in [0.25, 0.3) is 0 Å². The normalized spacial score (nSPS) is 25.5. The van der Waals surface area contributed by atoms with E-state index in [0.29, 0.717) is 6.04 Å². The Balaban J connectivity index is 1.76. The van der Waals surface area contributed by atoms with E-state index in [1.54, 1.807) is 6.33 Å². The highest BCUT2D eigenvalue weighted by molar-refractivity contribution is 4.97. The van der Waals surface area contributed by atoms with E-state index in [0.717, 1.165) is 18.2 Å². The smallest absolute Gasteiger partial charge is 0.115 e. The predicted molar refractivity (Wildman–Crippen MR) is 69.5 cm³/mol. The van der Waals surface area contributed by atoms with Gasteiger partial charge in [-0.1, -0.05) is 26.2 Å². The second-order valence-electron chi connectivity index (χ2n) is 5.06. The Bertz CT molecular complexity index is 313. The molecule has 1 aliphatic rings. The minimum atomic E-state index is 0.682. The van der Waals surface area contributed by atoms with Gasteiger partial charge in [0.15, 0.2) is 0 Å². The maximum Gasteiger partial charge on any atom is 0.115 e. The van der Waals surface area contributed by atoms with Crippen LogP contribution in [0.1, 0.15) is 51.1 Å². The molecule has 3 heteroatoms. The highest BCUT2D eigenvalue weighted by Crippen LogP contribution is 2.25. The molecule has 0 aliphatic heterocycles. The number of nitrogens with one attached hydrogen (secondary N) is 1. The molecule has 0 amide bonds. The molecule has 94 valence electrons. The summed E-state index contributed by atoms with van der Waals surface area (Å²) in [5, 5.41) is 3.63. The van der Waals surface area contributed by atoms with E-state index < -0.39 is 0 Å². The van der Waals surface area contributed by atoms with Crippen molar-refractivity contribution in [2.45, 2.75) is 58.0 Å². The van der Waals surface area contributed by atoms with Gasteiger partial charge < -0.3 is 5.32 Å². The van der Waals surface area contributed by atoms with Gasteiger partial charge in [-0.25, -0.2) is 9.97 Å². The van der Waals surface area contributed by atoms with Crippen LogP contribution >= 0.6 is 0 Å². The Labute approximate surface area is 104 Å².